The number of rotatable bonds is 5. The van der Waals surface area contributed by atoms with Gasteiger partial charge in [-0.15, -0.1) is 0 Å². The van der Waals surface area contributed by atoms with Gasteiger partial charge in [-0.05, 0) is 6.42 Å². The minimum atomic E-state index is -5.63. The topological polar surface area (TPSA) is 34.1 Å². The van der Waals surface area contributed by atoms with E-state index in [1.807, 2.05) is 0 Å². The summed E-state index contributed by atoms with van der Waals surface area (Å²) in [6, 6.07) is 0. The minimum absolute atomic E-state index is 0.527. The normalized spacial score (nSPS) is 13.9. The van der Waals surface area contributed by atoms with E-state index >= 15 is 0 Å². The van der Waals surface area contributed by atoms with Crippen LogP contribution in [0.2, 0.25) is 0 Å². The van der Waals surface area contributed by atoms with Crippen LogP contribution >= 0.6 is 0 Å². The van der Waals surface area contributed by atoms with Crippen molar-refractivity contribution in [2.75, 3.05) is 5.75 Å². The molecule has 0 N–H and O–H groups in total. The van der Waals surface area contributed by atoms with Crippen molar-refractivity contribution in [3.63, 3.8) is 0 Å². The Morgan fingerprint density at radius 1 is 1.13 bits per heavy atom. The largest absolute Gasteiger partial charge is 0.453 e. The summed E-state index contributed by atoms with van der Waals surface area (Å²) in [4.78, 5) is 0. The standard InChI is InChI=1S/C7H9F5O2S/c1-2-15(13,14)5-3-4-6(8,9)7(10,11)12/h2H,1,3-5H2. The highest BCUT2D eigenvalue weighted by Crippen LogP contribution is 2.38. The van der Waals surface area contributed by atoms with Crippen LogP contribution in [0.4, 0.5) is 22.0 Å². The van der Waals surface area contributed by atoms with E-state index in [1.54, 1.807) is 0 Å². The first kappa shape index (κ1) is 14.3. The smallest absolute Gasteiger partial charge is 0.224 e. The molecule has 8 heteroatoms. The van der Waals surface area contributed by atoms with Crippen LogP contribution in [0.25, 0.3) is 0 Å². The Balaban J connectivity index is 4.25. The molecule has 0 amide bonds. The zero-order chi connectivity index (χ0) is 12.3. The van der Waals surface area contributed by atoms with E-state index < -0.39 is 40.5 Å². The number of hydrogen-bond acceptors (Lipinski definition) is 2. The lowest BCUT2D eigenvalue weighted by Gasteiger charge is -2.18. The third kappa shape index (κ3) is 4.59. The summed E-state index contributed by atoms with van der Waals surface area (Å²) < 4.78 is 80.8. The molecule has 0 aliphatic carbocycles. The molecular weight excluding hydrogens is 243 g/mol. The molecule has 0 heterocycles. The van der Waals surface area contributed by atoms with Gasteiger partial charge in [-0.2, -0.15) is 22.0 Å². The van der Waals surface area contributed by atoms with Gasteiger partial charge in [-0.1, -0.05) is 6.58 Å². The number of halogens is 5. The molecule has 0 rings (SSSR count). The summed E-state index contributed by atoms with van der Waals surface area (Å²) in [6.07, 6.45) is -7.94. The van der Waals surface area contributed by atoms with Gasteiger partial charge in [0.05, 0.1) is 5.75 Å². The Kier molecular flexibility index (Phi) is 4.26. The van der Waals surface area contributed by atoms with Crippen LogP contribution in [0.1, 0.15) is 12.8 Å². The molecular formula is C7H9F5O2S. The van der Waals surface area contributed by atoms with Crippen molar-refractivity contribution >= 4 is 9.84 Å². The number of sulfone groups is 1. The van der Waals surface area contributed by atoms with Crippen LogP contribution in [0.3, 0.4) is 0 Å². The molecule has 0 atom stereocenters. The van der Waals surface area contributed by atoms with Crippen LogP contribution in [0.5, 0.6) is 0 Å². The molecule has 0 aliphatic rings. The summed E-state index contributed by atoms with van der Waals surface area (Å²) in [5.41, 5.74) is 0. The molecule has 15 heavy (non-hydrogen) atoms. The van der Waals surface area contributed by atoms with Gasteiger partial charge in [-0.3, -0.25) is 0 Å². The van der Waals surface area contributed by atoms with E-state index in [9.17, 15) is 30.4 Å². The Hall–Kier alpha value is -0.660. The Morgan fingerprint density at radius 3 is 1.93 bits per heavy atom. The highest BCUT2D eigenvalue weighted by Gasteiger charge is 2.56. The predicted octanol–water partition coefficient (Wildman–Crippen LogP) is 2.52. The lowest BCUT2D eigenvalue weighted by Crippen LogP contribution is -2.36. The molecule has 2 nitrogen and oxygen atoms in total. The molecule has 0 aliphatic heterocycles. The van der Waals surface area contributed by atoms with E-state index in [0.29, 0.717) is 5.41 Å². The quantitative estimate of drug-likeness (QED) is 0.704. The van der Waals surface area contributed by atoms with Gasteiger partial charge in [0.1, 0.15) is 0 Å². The molecule has 0 bridgehead atoms. The lowest BCUT2D eigenvalue weighted by molar-refractivity contribution is -0.284. The molecule has 0 radical (unpaired) electrons. The molecule has 0 spiro atoms. The Morgan fingerprint density at radius 2 is 1.60 bits per heavy atom. The molecule has 0 saturated carbocycles. The maximum Gasteiger partial charge on any atom is 0.453 e. The van der Waals surface area contributed by atoms with E-state index in [-0.39, 0.29) is 0 Å². The predicted molar refractivity (Wildman–Crippen MR) is 44.2 cm³/mol. The van der Waals surface area contributed by atoms with E-state index in [0.717, 1.165) is 0 Å². The van der Waals surface area contributed by atoms with E-state index in [1.165, 1.54) is 0 Å². The van der Waals surface area contributed by atoms with Gasteiger partial charge in [-0.25, -0.2) is 8.42 Å². The lowest BCUT2D eigenvalue weighted by atomic mass is 10.2. The highest BCUT2D eigenvalue weighted by molar-refractivity contribution is 7.94. The zero-order valence-electron chi connectivity index (χ0n) is 7.52. The average Bonchev–Trinajstić information content (AvgIpc) is 2.01. The van der Waals surface area contributed by atoms with Crippen molar-refractivity contribution in [3.05, 3.63) is 12.0 Å². The van der Waals surface area contributed by atoms with Gasteiger partial charge >= 0.3 is 12.1 Å². The fourth-order valence-corrected chi connectivity index (χ4v) is 1.43. The van der Waals surface area contributed by atoms with Gasteiger partial charge in [0.25, 0.3) is 0 Å². The first-order chi connectivity index (χ1) is 6.52. The summed E-state index contributed by atoms with van der Waals surface area (Å²) in [5.74, 6) is -5.61. The van der Waals surface area contributed by atoms with E-state index in [4.69, 9.17) is 0 Å². The van der Waals surface area contributed by atoms with Gasteiger partial charge < -0.3 is 0 Å². The maximum absolute atomic E-state index is 12.3. The second kappa shape index (κ2) is 4.46. The summed E-state index contributed by atoms with van der Waals surface area (Å²) in [6.45, 7) is 2.90. The first-order valence-corrected chi connectivity index (χ1v) is 5.53. The third-order valence-electron chi connectivity index (χ3n) is 1.59. The van der Waals surface area contributed by atoms with Crippen LogP contribution < -0.4 is 0 Å². The van der Waals surface area contributed by atoms with Gasteiger partial charge in [0.15, 0.2) is 9.84 Å². The molecule has 90 valence electrons. The zero-order valence-corrected chi connectivity index (χ0v) is 8.34. The molecule has 0 unspecified atom stereocenters. The molecule has 0 saturated heterocycles. The second-order valence-electron chi connectivity index (χ2n) is 2.84. The maximum atomic E-state index is 12.3. The van der Waals surface area contributed by atoms with Gasteiger partial charge in [0.2, 0.25) is 0 Å². The molecule has 0 aromatic carbocycles. The third-order valence-corrected chi connectivity index (χ3v) is 2.95. The van der Waals surface area contributed by atoms with Crippen molar-refractivity contribution in [1.82, 2.24) is 0 Å². The van der Waals surface area contributed by atoms with Crippen LogP contribution in [-0.2, 0) is 9.84 Å². The van der Waals surface area contributed by atoms with Gasteiger partial charge in [0, 0.05) is 11.8 Å². The minimum Gasteiger partial charge on any atom is -0.224 e. The first-order valence-electron chi connectivity index (χ1n) is 3.81. The van der Waals surface area contributed by atoms with Crippen LogP contribution in [0.15, 0.2) is 12.0 Å². The van der Waals surface area contributed by atoms with Crippen molar-refractivity contribution in [2.24, 2.45) is 0 Å². The SMILES string of the molecule is C=CS(=O)(=O)CCCC(F)(F)C(F)(F)F. The highest BCUT2D eigenvalue weighted by atomic mass is 32.2. The van der Waals surface area contributed by atoms with Crippen molar-refractivity contribution in [2.45, 2.75) is 24.9 Å². The molecule has 0 aromatic heterocycles. The summed E-state index contributed by atoms with van der Waals surface area (Å²) in [7, 11) is -3.72. The Bertz CT molecular complexity index is 317. The summed E-state index contributed by atoms with van der Waals surface area (Å²) in [5, 5.41) is 0.527. The van der Waals surface area contributed by atoms with Crippen molar-refractivity contribution in [1.29, 1.82) is 0 Å². The van der Waals surface area contributed by atoms with Crippen LogP contribution in [-0.4, -0.2) is 26.3 Å². The van der Waals surface area contributed by atoms with E-state index in [2.05, 4.69) is 6.58 Å². The number of alkyl halides is 5. The number of hydrogen-bond donors (Lipinski definition) is 0. The van der Waals surface area contributed by atoms with Crippen molar-refractivity contribution in [3.8, 4) is 0 Å². The fraction of sp³-hybridized carbons (Fsp3) is 0.714. The average molecular weight is 252 g/mol. The Labute approximate surface area is 83.7 Å². The van der Waals surface area contributed by atoms with Crippen molar-refractivity contribution < 1.29 is 30.4 Å². The summed E-state index contributed by atoms with van der Waals surface area (Å²) >= 11 is 0. The van der Waals surface area contributed by atoms with Crippen LogP contribution in [0, 0.1) is 0 Å². The fourth-order valence-electron chi connectivity index (χ4n) is 0.720. The molecule has 0 fully saturated rings. The molecule has 0 aromatic rings. The second-order valence-corrected chi connectivity index (χ2v) is 4.91. The monoisotopic (exact) mass is 252 g/mol.